The van der Waals surface area contributed by atoms with E-state index in [9.17, 15) is 9.50 Å². The van der Waals surface area contributed by atoms with Gasteiger partial charge >= 0.3 is 0 Å². The summed E-state index contributed by atoms with van der Waals surface area (Å²) in [6.07, 6.45) is 0.397. The second-order valence-electron chi connectivity index (χ2n) is 6.12. The molecule has 0 aromatic carbocycles. The summed E-state index contributed by atoms with van der Waals surface area (Å²) in [5.74, 6) is 0.720. The largest absolute Gasteiger partial charge is 0.387 e. The second kappa shape index (κ2) is 6.83. The number of aliphatic hydroxyl groups is 1. The average Bonchev–Trinajstić information content (AvgIpc) is 2.87. The normalized spacial score (nSPS) is 23.3. The summed E-state index contributed by atoms with van der Waals surface area (Å²) in [6.45, 7) is 3.87. The lowest BCUT2D eigenvalue weighted by Gasteiger charge is -2.29. The molecule has 0 radical (unpaired) electrons. The standard InChI is InChI=1S/C16H18ClFN4O2S/c1-2-25-16-20-13-10-12(19-14(17)11(13)18)9(23)6-8-7-24-5-3-4-22(8)15(10)21-16/h8-9,23H,2-7H2,1H3/t8-,9-/m0/s1. The van der Waals surface area contributed by atoms with Crippen LogP contribution in [0.25, 0.3) is 10.9 Å². The molecule has 9 heteroatoms. The van der Waals surface area contributed by atoms with Crippen molar-refractivity contribution in [2.75, 3.05) is 30.4 Å². The molecule has 6 nitrogen and oxygen atoms in total. The highest BCUT2D eigenvalue weighted by Gasteiger charge is 2.35. The Morgan fingerprint density at radius 3 is 3.04 bits per heavy atom. The number of hydrogen-bond acceptors (Lipinski definition) is 7. The molecule has 1 fully saturated rings. The number of pyridine rings is 1. The van der Waals surface area contributed by atoms with Crippen molar-refractivity contribution in [3.63, 3.8) is 0 Å². The van der Waals surface area contributed by atoms with Crippen LogP contribution in [-0.2, 0) is 4.74 Å². The number of halogens is 2. The van der Waals surface area contributed by atoms with E-state index >= 15 is 0 Å². The highest BCUT2D eigenvalue weighted by atomic mass is 35.5. The third kappa shape index (κ3) is 2.95. The average molecular weight is 385 g/mol. The van der Waals surface area contributed by atoms with Crippen molar-refractivity contribution < 1.29 is 14.2 Å². The first kappa shape index (κ1) is 17.2. The van der Waals surface area contributed by atoms with Gasteiger partial charge in [0.25, 0.3) is 0 Å². The van der Waals surface area contributed by atoms with Gasteiger partial charge in [0.15, 0.2) is 16.1 Å². The smallest absolute Gasteiger partial charge is 0.190 e. The van der Waals surface area contributed by atoms with Crippen molar-refractivity contribution in [3.8, 4) is 0 Å². The van der Waals surface area contributed by atoms with E-state index in [0.29, 0.717) is 41.7 Å². The van der Waals surface area contributed by atoms with Crippen LogP contribution < -0.4 is 4.90 Å². The van der Waals surface area contributed by atoms with Crippen LogP contribution in [0, 0.1) is 5.82 Å². The van der Waals surface area contributed by atoms with E-state index in [-0.39, 0.29) is 16.7 Å². The molecule has 2 aromatic heterocycles. The number of thioether (sulfide) groups is 1. The molecule has 0 unspecified atom stereocenters. The molecule has 2 atom stereocenters. The van der Waals surface area contributed by atoms with E-state index in [0.717, 1.165) is 18.7 Å². The summed E-state index contributed by atoms with van der Waals surface area (Å²) in [7, 11) is 0. The zero-order valence-electron chi connectivity index (χ0n) is 13.7. The summed E-state index contributed by atoms with van der Waals surface area (Å²) in [5.41, 5.74) is 0.471. The second-order valence-corrected chi connectivity index (χ2v) is 7.70. The maximum atomic E-state index is 14.7. The lowest BCUT2D eigenvalue weighted by atomic mass is 10.1. The van der Waals surface area contributed by atoms with Gasteiger partial charge in [0.2, 0.25) is 0 Å². The number of hydrogen-bond donors (Lipinski definition) is 1. The topological polar surface area (TPSA) is 71.4 Å². The zero-order valence-corrected chi connectivity index (χ0v) is 15.3. The van der Waals surface area contributed by atoms with Crippen molar-refractivity contribution in [2.45, 2.75) is 37.1 Å². The van der Waals surface area contributed by atoms with E-state index in [1.54, 1.807) is 0 Å². The van der Waals surface area contributed by atoms with Gasteiger partial charge in [-0.15, -0.1) is 0 Å². The fourth-order valence-electron chi connectivity index (χ4n) is 3.45. The van der Waals surface area contributed by atoms with Crippen LogP contribution in [0.4, 0.5) is 10.2 Å². The first-order valence-electron chi connectivity index (χ1n) is 8.32. The van der Waals surface area contributed by atoms with Gasteiger partial charge in [-0.25, -0.2) is 19.3 Å². The number of fused-ring (bicyclic) bond motifs is 2. The monoisotopic (exact) mass is 384 g/mol. The quantitative estimate of drug-likeness (QED) is 0.485. The molecule has 0 spiro atoms. The van der Waals surface area contributed by atoms with E-state index in [2.05, 4.69) is 19.9 Å². The van der Waals surface area contributed by atoms with Crippen molar-refractivity contribution in [2.24, 2.45) is 0 Å². The van der Waals surface area contributed by atoms with Gasteiger partial charge in [-0.3, -0.25) is 0 Å². The number of nitrogens with zero attached hydrogens (tertiary/aromatic N) is 4. The molecular weight excluding hydrogens is 367 g/mol. The van der Waals surface area contributed by atoms with Gasteiger partial charge in [-0.2, -0.15) is 0 Å². The summed E-state index contributed by atoms with van der Waals surface area (Å²) in [4.78, 5) is 15.2. The van der Waals surface area contributed by atoms with Gasteiger partial charge < -0.3 is 14.7 Å². The lowest BCUT2D eigenvalue weighted by Crippen LogP contribution is -2.38. The molecule has 0 aliphatic carbocycles. The highest BCUT2D eigenvalue weighted by Crippen LogP contribution is 2.40. The van der Waals surface area contributed by atoms with Crippen LogP contribution in [0.3, 0.4) is 0 Å². The Bertz CT molecular complexity index is 825. The Morgan fingerprint density at radius 2 is 2.24 bits per heavy atom. The molecule has 4 heterocycles. The maximum Gasteiger partial charge on any atom is 0.190 e. The minimum atomic E-state index is -0.871. The first-order valence-corrected chi connectivity index (χ1v) is 9.68. The van der Waals surface area contributed by atoms with Crippen molar-refractivity contribution in [1.29, 1.82) is 0 Å². The number of ether oxygens (including phenoxy) is 1. The first-order chi connectivity index (χ1) is 12.1. The number of aromatic nitrogens is 3. The Hall–Kier alpha value is -1.22. The van der Waals surface area contributed by atoms with Crippen LogP contribution in [0.2, 0.25) is 5.15 Å². The Labute approximate surface area is 153 Å². The highest BCUT2D eigenvalue weighted by molar-refractivity contribution is 7.99. The van der Waals surface area contributed by atoms with E-state index < -0.39 is 11.9 Å². The predicted molar refractivity (Wildman–Crippen MR) is 94.8 cm³/mol. The number of rotatable bonds is 2. The van der Waals surface area contributed by atoms with Crippen LogP contribution in [0.5, 0.6) is 0 Å². The van der Waals surface area contributed by atoms with Gasteiger partial charge in [0.05, 0.1) is 29.8 Å². The van der Waals surface area contributed by atoms with Gasteiger partial charge in [-0.1, -0.05) is 30.3 Å². The number of aliphatic hydroxyl groups excluding tert-OH is 1. The van der Waals surface area contributed by atoms with Crippen molar-refractivity contribution in [1.82, 2.24) is 15.0 Å². The van der Waals surface area contributed by atoms with Crippen LogP contribution in [-0.4, -0.2) is 51.6 Å². The van der Waals surface area contributed by atoms with E-state index in [4.69, 9.17) is 16.3 Å². The molecule has 0 amide bonds. The molecule has 2 aliphatic heterocycles. The summed E-state index contributed by atoms with van der Waals surface area (Å²) < 4.78 is 20.3. The zero-order chi connectivity index (χ0) is 17.6. The number of anilines is 1. The Morgan fingerprint density at radius 1 is 1.40 bits per heavy atom. The molecule has 2 aliphatic rings. The van der Waals surface area contributed by atoms with Crippen LogP contribution in [0.15, 0.2) is 5.16 Å². The summed E-state index contributed by atoms with van der Waals surface area (Å²) >= 11 is 7.42. The van der Waals surface area contributed by atoms with Gasteiger partial charge in [0, 0.05) is 19.6 Å². The maximum absolute atomic E-state index is 14.7. The molecule has 1 saturated heterocycles. The van der Waals surface area contributed by atoms with Gasteiger partial charge in [0.1, 0.15) is 11.3 Å². The molecule has 4 rings (SSSR count). The van der Waals surface area contributed by atoms with Crippen molar-refractivity contribution >= 4 is 40.1 Å². The fraction of sp³-hybridized carbons (Fsp3) is 0.562. The van der Waals surface area contributed by atoms with E-state index in [1.807, 2.05) is 6.92 Å². The Balaban J connectivity index is 2.03. The molecular formula is C16H18ClFN4O2S. The molecule has 0 bridgehead atoms. The molecule has 1 N–H and O–H groups in total. The third-order valence-electron chi connectivity index (χ3n) is 4.53. The van der Waals surface area contributed by atoms with Gasteiger partial charge in [-0.05, 0) is 12.2 Å². The fourth-order valence-corrected chi connectivity index (χ4v) is 4.19. The predicted octanol–water partition coefficient (Wildman–Crippen LogP) is 2.96. The summed E-state index contributed by atoms with van der Waals surface area (Å²) in [5, 5.41) is 11.4. The van der Waals surface area contributed by atoms with Crippen LogP contribution in [0.1, 0.15) is 31.6 Å². The molecule has 0 saturated carbocycles. The van der Waals surface area contributed by atoms with E-state index in [1.165, 1.54) is 11.8 Å². The SMILES string of the molecule is CCSc1nc2c3c(nc(Cl)c(F)c3n1)[C@@H](O)C[C@H]1COCCCN21. The molecule has 2 aromatic rings. The molecule has 25 heavy (non-hydrogen) atoms. The summed E-state index contributed by atoms with van der Waals surface area (Å²) in [6, 6.07) is -0.0499. The third-order valence-corrected chi connectivity index (χ3v) is 5.51. The minimum absolute atomic E-state index is 0.0499. The Kier molecular flexibility index (Phi) is 4.70. The minimum Gasteiger partial charge on any atom is -0.387 e. The van der Waals surface area contributed by atoms with Crippen LogP contribution >= 0.6 is 23.4 Å². The lowest BCUT2D eigenvalue weighted by molar-refractivity contribution is 0.104. The molecule has 134 valence electrons. The van der Waals surface area contributed by atoms with Crippen molar-refractivity contribution in [3.05, 3.63) is 16.7 Å².